The largest absolute Gasteiger partial charge is 3.00 e. The number of hydrogen-bond acceptors (Lipinski definition) is 11. The normalized spacial score (nSPS) is 18.9. The van der Waals surface area contributed by atoms with Crippen LogP contribution >= 0.6 is 0 Å². The van der Waals surface area contributed by atoms with E-state index in [4.69, 9.17) is 5.73 Å². The Labute approximate surface area is 238 Å². The van der Waals surface area contributed by atoms with E-state index in [0.29, 0.717) is 24.4 Å². The zero-order valence-electron chi connectivity index (χ0n) is 20.4. The summed E-state index contributed by atoms with van der Waals surface area (Å²) in [5.41, 5.74) is 7.92. The summed E-state index contributed by atoms with van der Waals surface area (Å²) in [4.78, 5) is 44.6. The molecule has 3 atom stereocenters. The van der Waals surface area contributed by atoms with Crippen molar-refractivity contribution in [3.05, 3.63) is 29.1 Å². The molecule has 0 aromatic carbocycles. The quantitative estimate of drug-likeness (QED) is 0.284. The Morgan fingerprint density at radius 1 is 0.829 bits per heavy atom. The molecular weight excluding hydrogens is 600 g/mol. The van der Waals surface area contributed by atoms with Gasteiger partial charge in [0.1, 0.15) is 0 Å². The second-order valence-electron chi connectivity index (χ2n) is 8.81. The van der Waals surface area contributed by atoms with Gasteiger partial charge in [-0.2, -0.15) is 0 Å². The molecule has 1 aliphatic heterocycles. The third kappa shape index (κ3) is 9.60. The van der Waals surface area contributed by atoms with E-state index in [-0.39, 0.29) is 79.2 Å². The van der Waals surface area contributed by atoms with Crippen molar-refractivity contribution in [2.24, 2.45) is 5.73 Å². The van der Waals surface area contributed by atoms with Crippen LogP contribution < -0.4 is 21.1 Å². The second kappa shape index (κ2) is 15.1. The molecule has 3 unspecified atom stereocenters. The molecule has 0 saturated carbocycles. The van der Waals surface area contributed by atoms with E-state index in [1.54, 1.807) is 14.7 Å². The third-order valence-corrected chi connectivity index (χ3v) is 6.41. The summed E-state index contributed by atoms with van der Waals surface area (Å²) in [5.74, 6) is -3.73. The van der Waals surface area contributed by atoms with Crippen molar-refractivity contribution in [3.8, 4) is 0 Å². The minimum Gasteiger partial charge on any atom is -0.548 e. The monoisotopic (exact) mass is 634 g/mol. The first-order valence-electron chi connectivity index (χ1n) is 11.6. The van der Waals surface area contributed by atoms with Crippen LogP contribution in [0.15, 0.2) is 12.1 Å². The number of nitrogens with zero attached hydrogens (tertiary/aromatic N) is 4. The molecule has 11 nitrogen and oxygen atoms in total. The summed E-state index contributed by atoms with van der Waals surface area (Å²) >= 11 is 0. The van der Waals surface area contributed by atoms with E-state index in [2.05, 4.69) is 4.98 Å². The molecular formula is C23H34GdN5O6. The van der Waals surface area contributed by atoms with E-state index in [9.17, 15) is 29.7 Å². The van der Waals surface area contributed by atoms with Crippen LogP contribution in [0.5, 0.6) is 0 Å². The van der Waals surface area contributed by atoms with Crippen LogP contribution in [-0.4, -0.2) is 88.4 Å². The van der Waals surface area contributed by atoms with Gasteiger partial charge in [-0.05, 0) is 57.9 Å². The molecule has 1 aliphatic rings. The van der Waals surface area contributed by atoms with Crippen LogP contribution in [0.3, 0.4) is 0 Å². The Balaban J connectivity index is 0.00000612. The zero-order chi connectivity index (χ0) is 25.4. The van der Waals surface area contributed by atoms with Crippen LogP contribution in [0.4, 0.5) is 0 Å². The first-order valence-corrected chi connectivity index (χ1v) is 11.6. The van der Waals surface area contributed by atoms with Crippen LogP contribution in [0.2, 0.25) is 0 Å². The van der Waals surface area contributed by atoms with Gasteiger partial charge in [-0.1, -0.05) is 0 Å². The Morgan fingerprint density at radius 3 is 1.57 bits per heavy atom. The topological polar surface area (TPSA) is 169 Å². The average Bonchev–Trinajstić information content (AvgIpc) is 2.78. The number of aliphatic carboxylic acids is 3. The molecule has 35 heavy (non-hydrogen) atoms. The van der Waals surface area contributed by atoms with Crippen LogP contribution in [0.25, 0.3) is 0 Å². The van der Waals surface area contributed by atoms with E-state index >= 15 is 0 Å². The SMILES string of the molecule is CC(C(=O)[O-])N1CCN(C(C)C(=O)[O-])Cc2cc(CCCN)cc(n2)CN(C(C)C(=O)[O-])CC1.[Gd+3]. The summed E-state index contributed by atoms with van der Waals surface area (Å²) < 4.78 is 0. The van der Waals surface area contributed by atoms with Gasteiger partial charge >= 0.3 is 39.9 Å². The molecule has 1 aromatic heterocycles. The maximum absolute atomic E-state index is 11.6. The Kier molecular flexibility index (Phi) is 13.7. The Hall–Kier alpha value is -1.28. The minimum absolute atomic E-state index is 0. The fourth-order valence-electron chi connectivity index (χ4n) is 4.03. The van der Waals surface area contributed by atoms with Gasteiger partial charge in [0, 0.05) is 57.4 Å². The van der Waals surface area contributed by atoms with Crippen molar-refractivity contribution in [3.63, 3.8) is 0 Å². The molecule has 0 fully saturated rings. The van der Waals surface area contributed by atoms with Gasteiger partial charge in [0.25, 0.3) is 0 Å². The van der Waals surface area contributed by atoms with E-state index in [0.717, 1.165) is 12.0 Å². The van der Waals surface area contributed by atoms with Crippen molar-refractivity contribution in [1.82, 2.24) is 19.7 Å². The predicted octanol–water partition coefficient (Wildman–Crippen LogP) is -3.69. The minimum atomic E-state index is -1.26. The number of fused-ring (bicyclic) bond motifs is 2. The summed E-state index contributed by atoms with van der Waals surface area (Å²) in [5, 5.41) is 34.8. The number of aromatic nitrogens is 1. The summed E-state index contributed by atoms with van der Waals surface area (Å²) in [6, 6.07) is 1.01. The molecule has 1 aromatic rings. The molecule has 0 amide bonds. The molecule has 2 bridgehead atoms. The summed E-state index contributed by atoms with van der Waals surface area (Å²) in [6.07, 6.45) is 1.47. The molecule has 2 heterocycles. The number of carboxylic acid groups (broad SMARTS) is 3. The number of hydrogen-bond donors (Lipinski definition) is 1. The average molecular weight is 634 g/mol. The van der Waals surface area contributed by atoms with Crippen molar-refractivity contribution < 1.29 is 69.6 Å². The molecule has 195 valence electrons. The van der Waals surface area contributed by atoms with Gasteiger partial charge < -0.3 is 35.4 Å². The van der Waals surface area contributed by atoms with Crippen LogP contribution in [0, 0.1) is 39.9 Å². The molecule has 2 rings (SSSR count). The van der Waals surface area contributed by atoms with Crippen molar-refractivity contribution in [2.75, 3.05) is 32.7 Å². The maximum Gasteiger partial charge on any atom is 3.00 e. The van der Waals surface area contributed by atoms with Crippen molar-refractivity contribution >= 4 is 17.9 Å². The van der Waals surface area contributed by atoms with Gasteiger partial charge in [-0.25, -0.2) is 0 Å². The molecule has 0 spiro atoms. The molecule has 0 aliphatic carbocycles. The van der Waals surface area contributed by atoms with Gasteiger partial charge in [-0.15, -0.1) is 0 Å². The van der Waals surface area contributed by atoms with E-state index in [1.165, 1.54) is 20.8 Å². The van der Waals surface area contributed by atoms with Crippen LogP contribution in [-0.2, 0) is 33.9 Å². The first kappa shape index (κ1) is 31.8. The number of aryl methyl sites for hydroxylation is 1. The van der Waals surface area contributed by atoms with Gasteiger partial charge in [0.2, 0.25) is 0 Å². The molecule has 1 radical (unpaired) electrons. The molecule has 12 heteroatoms. The Morgan fingerprint density at radius 2 is 1.20 bits per heavy atom. The van der Waals surface area contributed by atoms with Crippen molar-refractivity contribution in [2.45, 2.75) is 64.8 Å². The number of carbonyl (C=O) groups is 3. The number of pyridine rings is 1. The smallest absolute Gasteiger partial charge is 0.548 e. The van der Waals surface area contributed by atoms with Crippen LogP contribution in [0.1, 0.15) is 44.1 Å². The van der Waals surface area contributed by atoms with E-state index < -0.39 is 36.0 Å². The van der Waals surface area contributed by atoms with Gasteiger partial charge in [-0.3, -0.25) is 19.7 Å². The second-order valence-corrected chi connectivity index (χ2v) is 8.81. The maximum atomic E-state index is 11.6. The predicted molar refractivity (Wildman–Crippen MR) is 117 cm³/mol. The fourth-order valence-corrected chi connectivity index (χ4v) is 4.03. The standard InChI is InChI=1S/C23H37N5O6.Gd/c1-15(21(29)30)26-7-9-27(16(2)22(31)32)13-19-11-18(5-4-6-24)12-20(25-19)14-28(10-8-26)17(3)23(33)34;/h11-12,15-17H,4-10,13-14,24H2,1-3H3,(H,29,30)(H,31,32)(H,33,34);/q;+3/p-3. The number of carboxylic acids is 3. The summed E-state index contributed by atoms with van der Waals surface area (Å²) in [6.45, 7) is 6.44. The Bertz CT molecular complexity index is 821. The number of carbonyl (C=O) groups excluding carboxylic acids is 3. The first-order chi connectivity index (χ1) is 16.0. The molecule has 2 N–H and O–H groups in total. The summed E-state index contributed by atoms with van der Waals surface area (Å²) in [7, 11) is 0. The third-order valence-electron chi connectivity index (χ3n) is 6.41. The van der Waals surface area contributed by atoms with E-state index in [1.807, 2.05) is 12.1 Å². The number of nitrogens with two attached hydrogens (primary N) is 1. The zero-order valence-corrected chi connectivity index (χ0v) is 22.7. The van der Waals surface area contributed by atoms with Gasteiger partial charge in [0.15, 0.2) is 0 Å². The van der Waals surface area contributed by atoms with Gasteiger partial charge in [0.05, 0.1) is 29.3 Å². The van der Waals surface area contributed by atoms with Crippen molar-refractivity contribution in [1.29, 1.82) is 0 Å². The fraction of sp³-hybridized carbons (Fsp3) is 0.652. The molecule has 0 saturated heterocycles. The number of rotatable bonds is 9.